The summed E-state index contributed by atoms with van der Waals surface area (Å²) in [6.45, 7) is 4.60. The maximum atomic E-state index is 12.7. The summed E-state index contributed by atoms with van der Waals surface area (Å²) in [6.07, 6.45) is 1.33. The maximum Gasteiger partial charge on any atom is 0.243 e. The van der Waals surface area contributed by atoms with E-state index in [0.717, 1.165) is 16.0 Å². The molecule has 1 aliphatic rings. The van der Waals surface area contributed by atoms with Crippen LogP contribution in [0.5, 0.6) is 0 Å². The van der Waals surface area contributed by atoms with Gasteiger partial charge in [0.25, 0.3) is 0 Å². The molecule has 0 bridgehead atoms. The number of benzene rings is 1. The molecule has 128 valence electrons. The van der Waals surface area contributed by atoms with E-state index in [4.69, 9.17) is 0 Å². The molecule has 2 aromatic rings. The predicted molar refractivity (Wildman–Crippen MR) is 92.1 cm³/mol. The molecule has 0 amide bonds. The Labute approximate surface area is 143 Å². The Hall–Kier alpha value is -1.92. The van der Waals surface area contributed by atoms with Crippen LogP contribution in [0.15, 0.2) is 47.4 Å². The molecule has 0 N–H and O–H groups in total. The minimum Gasteiger partial charge on any atom is -0.618 e. The predicted octanol–water partition coefficient (Wildman–Crippen LogP) is 2.51. The largest absolute Gasteiger partial charge is 0.618 e. The Morgan fingerprint density at radius 2 is 1.67 bits per heavy atom. The number of nitrogens with zero attached hydrogens (tertiary/aromatic N) is 2. The van der Waals surface area contributed by atoms with Crippen molar-refractivity contribution in [1.82, 2.24) is 4.31 Å². The Morgan fingerprint density at radius 1 is 1.04 bits per heavy atom. The molecule has 6 heteroatoms. The second-order valence-electron chi connectivity index (χ2n) is 6.38. The van der Waals surface area contributed by atoms with E-state index in [2.05, 4.69) is 0 Å². The summed E-state index contributed by atoms with van der Waals surface area (Å²) in [5, 5.41) is 12.2. The summed E-state index contributed by atoms with van der Waals surface area (Å²) < 4.78 is 27.9. The lowest BCUT2D eigenvalue weighted by atomic mass is 9.94. The number of rotatable bonds is 3. The molecule has 24 heavy (non-hydrogen) atoms. The lowest BCUT2D eigenvalue weighted by molar-refractivity contribution is -0.622. The fourth-order valence-electron chi connectivity index (χ4n) is 3.18. The highest BCUT2D eigenvalue weighted by Gasteiger charge is 2.32. The first-order valence-corrected chi connectivity index (χ1v) is 9.59. The third kappa shape index (κ3) is 3.16. The van der Waals surface area contributed by atoms with Gasteiger partial charge in [-0.15, -0.1) is 0 Å². The fraction of sp³-hybridized carbons (Fsp3) is 0.389. The number of pyridine rings is 1. The molecule has 0 saturated carbocycles. The summed E-state index contributed by atoms with van der Waals surface area (Å²) in [5.41, 5.74) is 2.44. The van der Waals surface area contributed by atoms with E-state index in [1.165, 1.54) is 4.31 Å². The number of sulfonamides is 1. The van der Waals surface area contributed by atoms with Gasteiger partial charge >= 0.3 is 0 Å². The molecule has 2 heterocycles. The summed E-state index contributed by atoms with van der Waals surface area (Å²) in [4.78, 5) is 0.334. The SMILES string of the molecule is Cc1ccc(S(=O)(=O)N2CCC(c3cccc(C)[n+]3[O-])CC2)cc1. The molecular weight excluding hydrogens is 324 g/mol. The highest BCUT2D eigenvalue weighted by atomic mass is 32.2. The van der Waals surface area contributed by atoms with Crippen molar-refractivity contribution < 1.29 is 13.1 Å². The normalized spacial score (nSPS) is 17.1. The van der Waals surface area contributed by atoms with Crippen LogP contribution in [0.3, 0.4) is 0 Å². The van der Waals surface area contributed by atoms with Crippen LogP contribution in [0.25, 0.3) is 0 Å². The summed E-state index contributed by atoms with van der Waals surface area (Å²) in [5.74, 6) is 0.104. The maximum absolute atomic E-state index is 12.7. The van der Waals surface area contributed by atoms with E-state index < -0.39 is 10.0 Å². The van der Waals surface area contributed by atoms with E-state index in [1.54, 1.807) is 25.1 Å². The molecule has 1 aromatic heterocycles. The van der Waals surface area contributed by atoms with Crippen LogP contribution >= 0.6 is 0 Å². The van der Waals surface area contributed by atoms with Crippen LogP contribution in [0, 0.1) is 19.1 Å². The van der Waals surface area contributed by atoms with E-state index in [0.29, 0.717) is 36.5 Å². The van der Waals surface area contributed by atoms with Gasteiger partial charge in [0.15, 0.2) is 11.4 Å². The van der Waals surface area contributed by atoms with Gasteiger partial charge in [0.1, 0.15) is 0 Å². The second kappa shape index (κ2) is 6.53. The Kier molecular flexibility index (Phi) is 4.60. The average molecular weight is 346 g/mol. The van der Waals surface area contributed by atoms with Gasteiger partial charge < -0.3 is 5.21 Å². The molecule has 1 fully saturated rings. The third-order valence-electron chi connectivity index (χ3n) is 4.69. The quantitative estimate of drug-likeness (QED) is 0.634. The number of piperidine rings is 1. The minimum absolute atomic E-state index is 0.104. The van der Waals surface area contributed by atoms with Gasteiger partial charge in [-0.05, 0) is 38.0 Å². The lowest BCUT2D eigenvalue weighted by Gasteiger charge is -2.30. The van der Waals surface area contributed by atoms with E-state index in [-0.39, 0.29) is 5.92 Å². The van der Waals surface area contributed by atoms with Crippen molar-refractivity contribution in [2.24, 2.45) is 0 Å². The van der Waals surface area contributed by atoms with Crippen molar-refractivity contribution in [2.75, 3.05) is 13.1 Å². The molecule has 1 saturated heterocycles. The molecule has 0 radical (unpaired) electrons. The molecule has 1 aliphatic heterocycles. The monoisotopic (exact) mass is 346 g/mol. The van der Waals surface area contributed by atoms with Crippen molar-refractivity contribution in [3.8, 4) is 0 Å². The van der Waals surface area contributed by atoms with Crippen molar-refractivity contribution in [2.45, 2.75) is 37.5 Å². The second-order valence-corrected chi connectivity index (χ2v) is 8.32. The highest BCUT2D eigenvalue weighted by molar-refractivity contribution is 7.89. The number of aryl methyl sites for hydroxylation is 2. The third-order valence-corrected chi connectivity index (χ3v) is 6.60. The van der Waals surface area contributed by atoms with Gasteiger partial charge in [-0.25, -0.2) is 8.42 Å². The number of aromatic nitrogens is 1. The van der Waals surface area contributed by atoms with Gasteiger partial charge in [0.2, 0.25) is 10.0 Å². The van der Waals surface area contributed by atoms with Crippen LogP contribution in [0.4, 0.5) is 0 Å². The van der Waals surface area contributed by atoms with E-state index in [9.17, 15) is 13.6 Å². The first kappa shape index (κ1) is 16.9. The summed E-state index contributed by atoms with van der Waals surface area (Å²) in [6, 6.07) is 12.4. The molecular formula is C18H22N2O3S. The van der Waals surface area contributed by atoms with E-state index in [1.807, 2.05) is 31.2 Å². The zero-order valence-electron chi connectivity index (χ0n) is 14.0. The van der Waals surface area contributed by atoms with Crippen LogP contribution in [-0.4, -0.2) is 25.8 Å². The summed E-state index contributed by atoms with van der Waals surface area (Å²) >= 11 is 0. The molecule has 0 unspecified atom stereocenters. The molecule has 0 aliphatic carbocycles. The topological polar surface area (TPSA) is 64.3 Å². The first-order valence-electron chi connectivity index (χ1n) is 8.15. The van der Waals surface area contributed by atoms with E-state index >= 15 is 0 Å². The van der Waals surface area contributed by atoms with Crippen molar-refractivity contribution in [1.29, 1.82) is 0 Å². The van der Waals surface area contributed by atoms with Gasteiger partial charge in [0.05, 0.1) is 4.90 Å². The van der Waals surface area contributed by atoms with Crippen molar-refractivity contribution in [3.05, 3.63) is 64.6 Å². The molecule has 5 nitrogen and oxygen atoms in total. The van der Waals surface area contributed by atoms with Crippen LogP contribution in [0.2, 0.25) is 0 Å². The Bertz CT molecular complexity index is 824. The summed E-state index contributed by atoms with van der Waals surface area (Å²) in [7, 11) is -3.45. The molecule has 0 atom stereocenters. The number of hydrogen-bond acceptors (Lipinski definition) is 3. The highest BCUT2D eigenvalue weighted by Crippen LogP contribution is 2.29. The van der Waals surface area contributed by atoms with Crippen molar-refractivity contribution >= 4 is 10.0 Å². The van der Waals surface area contributed by atoms with Gasteiger partial charge in [0, 0.05) is 38.1 Å². The van der Waals surface area contributed by atoms with Gasteiger partial charge in [-0.3, -0.25) is 0 Å². The van der Waals surface area contributed by atoms with Crippen LogP contribution in [-0.2, 0) is 10.0 Å². The first-order chi connectivity index (χ1) is 11.4. The zero-order chi connectivity index (χ0) is 17.3. The lowest BCUT2D eigenvalue weighted by Crippen LogP contribution is -2.42. The smallest absolute Gasteiger partial charge is 0.243 e. The Balaban J connectivity index is 1.75. The minimum atomic E-state index is -3.45. The van der Waals surface area contributed by atoms with Crippen LogP contribution in [0.1, 0.15) is 35.7 Å². The average Bonchev–Trinajstić information content (AvgIpc) is 2.58. The zero-order valence-corrected chi connectivity index (χ0v) is 14.8. The Morgan fingerprint density at radius 3 is 2.29 bits per heavy atom. The molecule has 1 aromatic carbocycles. The van der Waals surface area contributed by atoms with Gasteiger partial charge in [-0.1, -0.05) is 17.7 Å². The fourth-order valence-corrected chi connectivity index (χ4v) is 4.65. The standard InChI is InChI=1S/C18H22N2O3S/c1-14-6-8-17(9-7-14)24(22,23)19-12-10-16(11-13-19)18-5-3-4-15(2)20(18)21/h3-9,16H,10-13H2,1-2H3. The molecule has 3 rings (SSSR count). The van der Waals surface area contributed by atoms with Crippen LogP contribution < -0.4 is 4.73 Å². The van der Waals surface area contributed by atoms with Gasteiger partial charge in [-0.2, -0.15) is 9.04 Å². The molecule has 0 spiro atoms. The number of hydrogen-bond donors (Lipinski definition) is 0. The van der Waals surface area contributed by atoms with Crippen molar-refractivity contribution in [3.63, 3.8) is 0 Å².